The molecule has 3 N–H and O–H groups in total. The Morgan fingerprint density at radius 1 is 1.12 bits per heavy atom. The molecule has 6 nitrogen and oxygen atoms in total. The van der Waals surface area contributed by atoms with E-state index in [-0.39, 0.29) is 22.9 Å². The molecule has 0 spiro atoms. The van der Waals surface area contributed by atoms with Crippen LogP contribution < -0.4 is 11.1 Å². The number of amides is 1. The number of carbonyl (C=O) groups is 3. The highest BCUT2D eigenvalue weighted by Crippen LogP contribution is 2.13. The first-order valence-electron chi connectivity index (χ1n) is 8.21. The van der Waals surface area contributed by atoms with Crippen molar-refractivity contribution in [3.05, 3.63) is 35.9 Å². The predicted octanol–water partition coefficient (Wildman–Crippen LogP) is 1.98. The zero-order valence-electron chi connectivity index (χ0n) is 15.0. The van der Waals surface area contributed by atoms with E-state index in [1.165, 1.54) is 0 Å². The van der Waals surface area contributed by atoms with Gasteiger partial charge in [0.05, 0.1) is 12.1 Å². The molecule has 1 aromatic rings. The van der Waals surface area contributed by atoms with Gasteiger partial charge < -0.3 is 15.8 Å². The molecule has 0 aliphatic carbocycles. The minimum absolute atomic E-state index is 0.0000227. The lowest BCUT2D eigenvalue weighted by Gasteiger charge is -2.20. The molecule has 25 heavy (non-hydrogen) atoms. The van der Waals surface area contributed by atoms with Gasteiger partial charge in [-0.3, -0.25) is 9.59 Å². The SMILES string of the molecule is CC(C)OC(=O)[C@H](CSC(=O)[C@@H](N)C(C)C)NC(=O)c1ccccc1. The molecule has 0 unspecified atom stereocenters. The lowest BCUT2D eigenvalue weighted by molar-refractivity contribution is -0.149. The minimum Gasteiger partial charge on any atom is -0.461 e. The summed E-state index contributed by atoms with van der Waals surface area (Å²) in [4.78, 5) is 36.6. The summed E-state index contributed by atoms with van der Waals surface area (Å²) in [6, 6.07) is 7.01. The molecule has 0 saturated carbocycles. The molecular formula is C18H26N2O4S. The number of nitrogens with one attached hydrogen (secondary N) is 1. The third-order valence-electron chi connectivity index (χ3n) is 3.36. The third kappa shape index (κ3) is 7.27. The Kier molecular flexibility index (Phi) is 8.65. The highest BCUT2D eigenvalue weighted by atomic mass is 32.2. The molecule has 7 heteroatoms. The average Bonchev–Trinajstić information content (AvgIpc) is 2.57. The molecule has 1 rings (SSSR count). The van der Waals surface area contributed by atoms with E-state index in [0.29, 0.717) is 5.56 Å². The number of thioether (sulfide) groups is 1. The standard InChI is InChI=1S/C18H26N2O4S/c1-11(2)15(19)18(23)25-10-14(17(22)24-12(3)4)20-16(21)13-8-6-5-7-9-13/h5-9,11-12,14-15H,10,19H2,1-4H3,(H,20,21)/t14-,15-/m0/s1. The largest absolute Gasteiger partial charge is 0.461 e. The van der Waals surface area contributed by atoms with Crippen LogP contribution in [0.5, 0.6) is 0 Å². The van der Waals surface area contributed by atoms with Crippen molar-refractivity contribution in [2.45, 2.75) is 45.9 Å². The van der Waals surface area contributed by atoms with E-state index in [0.717, 1.165) is 11.8 Å². The normalized spacial score (nSPS) is 13.4. The molecule has 0 heterocycles. The van der Waals surface area contributed by atoms with Crippen molar-refractivity contribution in [2.24, 2.45) is 11.7 Å². The van der Waals surface area contributed by atoms with Crippen LogP contribution in [-0.4, -0.2) is 40.9 Å². The van der Waals surface area contributed by atoms with Crippen molar-refractivity contribution >= 4 is 28.8 Å². The lowest BCUT2D eigenvalue weighted by Crippen LogP contribution is -2.45. The van der Waals surface area contributed by atoms with E-state index < -0.39 is 24.0 Å². The van der Waals surface area contributed by atoms with Crippen LogP contribution >= 0.6 is 11.8 Å². The Bertz CT molecular complexity index is 590. The van der Waals surface area contributed by atoms with E-state index in [2.05, 4.69) is 5.32 Å². The molecule has 2 atom stereocenters. The van der Waals surface area contributed by atoms with Gasteiger partial charge in [0.15, 0.2) is 0 Å². The maximum Gasteiger partial charge on any atom is 0.329 e. The Balaban J connectivity index is 2.77. The van der Waals surface area contributed by atoms with Gasteiger partial charge in [0.1, 0.15) is 6.04 Å². The van der Waals surface area contributed by atoms with Gasteiger partial charge in [0.2, 0.25) is 5.12 Å². The number of esters is 1. The van der Waals surface area contributed by atoms with Crippen LogP contribution in [0.4, 0.5) is 0 Å². The quantitative estimate of drug-likeness (QED) is 0.683. The number of benzene rings is 1. The van der Waals surface area contributed by atoms with Crippen LogP contribution in [-0.2, 0) is 14.3 Å². The molecule has 0 aliphatic heterocycles. The Morgan fingerprint density at radius 2 is 1.72 bits per heavy atom. The summed E-state index contributed by atoms with van der Waals surface area (Å²) in [7, 11) is 0. The number of ether oxygens (including phenoxy) is 1. The second kappa shape index (κ2) is 10.2. The third-order valence-corrected chi connectivity index (χ3v) is 4.42. The fourth-order valence-corrected chi connectivity index (χ4v) is 2.86. The zero-order chi connectivity index (χ0) is 19.0. The monoisotopic (exact) mass is 366 g/mol. The molecule has 1 amide bonds. The van der Waals surface area contributed by atoms with E-state index in [4.69, 9.17) is 10.5 Å². The molecule has 0 bridgehead atoms. The van der Waals surface area contributed by atoms with Crippen molar-refractivity contribution in [3.63, 3.8) is 0 Å². The van der Waals surface area contributed by atoms with Gasteiger partial charge in [-0.05, 0) is 31.9 Å². The molecule has 0 radical (unpaired) electrons. The van der Waals surface area contributed by atoms with Gasteiger partial charge in [-0.2, -0.15) is 0 Å². The first-order chi connectivity index (χ1) is 11.7. The second-order valence-corrected chi connectivity index (χ2v) is 7.30. The minimum atomic E-state index is -0.927. The van der Waals surface area contributed by atoms with Gasteiger partial charge in [-0.1, -0.05) is 43.8 Å². The topological polar surface area (TPSA) is 98.5 Å². The van der Waals surface area contributed by atoms with Gasteiger partial charge >= 0.3 is 5.97 Å². The Labute approximate surface area is 152 Å². The first kappa shape index (κ1) is 21.2. The molecule has 0 saturated heterocycles. The van der Waals surface area contributed by atoms with Crippen LogP contribution in [0.15, 0.2) is 30.3 Å². The Hall–Kier alpha value is -1.86. The maximum absolute atomic E-state index is 12.3. The summed E-state index contributed by atoms with van der Waals surface area (Å²) in [5.41, 5.74) is 6.25. The number of nitrogens with two attached hydrogens (primary N) is 1. The van der Waals surface area contributed by atoms with Crippen LogP contribution in [0, 0.1) is 5.92 Å². The van der Waals surface area contributed by atoms with Gasteiger partial charge in [0, 0.05) is 11.3 Å². The maximum atomic E-state index is 12.3. The van der Waals surface area contributed by atoms with Crippen molar-refractivity contribution in [3.8, 4) is 0 Å². The molecule has 138 valence electrons. The summed E-state index contributed by atoms with van der Waals surface area (Å²) in [5, 5.41) is 2.42. The fraction of sp³-hybridized carbons (Fsp3) is 0.500. The Morgan fingerprint density at radius 3 is 2.24 bits per heavy atom. The van der Waals surface area contributed by atoms with Crippen LogP contribution in [0.3, 0.4) is 0 Å². The number of hydrogen-bond acceptors (Lipinski definition) is 6. The van der Waals surface area contributed by atoms with Gasteiger partial charge in [-0.25, -0.2) is 4.79 Å². The van der Waals surface area contributed by atoms with Crippen molar-refractivity contribution in [1.29, 1.82) is 0 Å². The van der Waals surface area contributed by atoms with Gasteiger partial charge in [-0.15, -0.1) is 0 Å². The fourth-order valence-electron chi connectivity index (χ4n) is 1.85. The molecule has 1 aromatic carbocycles. The van der Waals surface area contributed by atoms with Crippen molar-refractivity contribution in [2.75, 3.05) is 5.75 Å². The smallest absolute Gasteiger partial charge is 0.329 e. The summed E-state index contributed by atoms with van der Waals surface area (Å²) in [6.07, 6.45) is -0.317. The van der Waals surface area contributed by atoms with E-state index in [1.54, 1.807) is 44.2 Å². The van der Waals surface area contributed by atoms with E-state index in [1.807, 2.05) is 13.8 Å². The van der Waals surface area contributed by atoms with Crippen molar-refractivity contribution in [1.82, 2.24) is 5.32 Å². The van der Waals surface area contributed by atoms with E-state index in [9.17, 15) is 14.4 Å². The molecule has 0 aliphatic rings. The van der Waals surface area contributed by atoms with Crippen LogP contribution in [0.1, 0.15) is 38.1 Å². The molecular weight excluding hydrogens is 340 g/mol. The number of hydrogen-bond donors (Lipinski definition) is 2. The lowest BCUT2D eigenvalue weighted by atomic mass is 10.1. The average molecular weight is 366 g/mol. The molecule has 0 fully saturated rings. The summed E-state index contributed by atoms with van der Waals surface area (Å²) in [5.74, 6) is -0.895. The molecule has 0 aromatic heterocycles. The number of rotatable bonds is 8. The number of carbonyl (C=O) groups excluding carboxylic acids is 3. The zero-order valence-corrected chi connectivity index (χ0v) is 15.8. The second-order valence-electron chi connectivity index (χ2n) is 6.28. The summed E-state index contributed by atoms with van der Waals surface area (Å²) < 4.78 is 5.18. The van der Waals surface area contributed by atoms with E-state index >= 15 is 0 Å². The van der Waals surface area contributed by atoms with Crippen molar-refractivity contribution < 1.29 is 19.1 Å². The predicted molar refractivity (Wildman–Crippen MR) is 99.2 cm³/mol. The summed E-state index contributed by atoms with van der Waals surface area (Å²) >= 11 is 0.934. The summed E-state index contributed by atoms with van der Waals surface area (Å²) in [6.45, 7) is 7.15. The van der Waals surface area contributed by atoms with Gasteiger partial charge in [0.25, 0.3) is 5.91 Å². The van der Waals surface area contributed by atoms with Crippen LogP contribution in [0.2, 0.25) is 0 Å². The highest BCUT2D eigenvalue weighted by Gasteiger charge is 2.27. The van der Waals surface area contributed by atoms with Crippen LogP contribution in [0.25, 0.3) is 0 Å². The highest BCUT2D eigenvalue weighted by molar-refractivity contribution is 8.13. The first-order valence-corrected chi connectivity index (χ1v) is 9.19.